The number of guanidine groups is 1. The molecule has 0 aromatic carbocycles. The molecule has 2 heterocycles. The first-order valence-corrected chi connectivity index (χ1v) is 9.67. The third-order valence-corrected chi connectivity index (χ3v) is 5.08. The zero-order chi connectivity index (χ0) is 16.3. The zero-order valence-electron chi connectivity index (χ0n) is 15.7. The quantitative estimate of drug-likeness (QED) is 0.270. The molecule has 6 heteroatoms. The van der Waals surface area contributed by atoms with Gasteiger partial charge in [0, 0.05) is 33.2 Å². The largest absolute Gasteiger partial charge is 0.356 e. The summed E-state index contributed by atoms with van der Waals surface area (Å²) < 4.78 is 0. The highest BCUT2D eigenvalue weighted by Crippen LogP contribution is 2.15. The van der Waals surface area contributed by atoms with Crippen LogP contribution in [0.15, 0.2) is 4.99 Å². The molecular weight excluding hydrogens is 413 g/mol. The van der Waals surface area contributed by atoms with Crippen LogP contribution in [0, 0.1) is 5.92 Å². The number of aliphatic imine (C=N–C) groups is 1. The zero-order valence-corrected chi connectivity index (χ0v) is 18.1. The van der Waals surface area contributed by atoms with Crippen molar-refractivity contribution < 1.29 is 0 Å². The molecule has 2 rings (SSSR count). The minimum atomic E-state index is 0. The molecule has 2 fully saturated rings. The number of piperidine rings is 2. The van der Waals surface area contributed by atoms with E-state index < -0.39 is 0 Å². The van der Waals surface area contributed by atoms with Crippen LogP contribution in [0.3, 0.4) is 0 Å². The lowest BCUT2D eigenvalue weighted by molar-refractivity contribution is 0.182. The molecule has 142 valence electrons. The van der Waals surface area contributed by atoms with Gasteiger partial charge in [-0.2, -0.15) is 0 Å². The van der Waals surface area contributed by atoms with Crippen molar-refractivity contribution in [2.75, 3.05) is 59.4 Å². The standard InChI is InChI=1S/C18H37N5.HI/c1-17-8-6-13-23(16-17)14-7-9-20-18(19-2)21-10-15-22-11-4-3-5-12-22;/h17H,3-16H2,1-2H3,(H2,19,20,21);1H. The van der Waals surface area contributed by atoms with E-state index in [-0.39, 0.29) is 24.0 Å². The summed E-state index contributed by atoms with van der Waals surface area (Å²) in [4.78, 5) is 9.50. The third-order valence-electron chi connectivity index (χ3n) is 5.08. The van der Waals surface area contributed by atoms with Crippen LogP contribution < -0.4 is 10.6 Å². The van der Waals surface area contributed by atoms with E-state index in [1.54, 1.807) is 0 Å². The minimum absolute atomic E-state index is 0. The van der Waals surface area contributed by atoms with Gasteiger partial charge >= 0.3 is 0 Å². The summed E-state index contributed by atoms with van der Waals surface area (Å²) in [7, 11) is 1.86. The summed E-state index contributed by atoms with van der Waals surface area (Å²) in [5, 5.41) is 6.90. The fourth-order valence-electron chi connectivity index (χ4n) is 3.74. The van der Waals surface area contributed by atoms with Crippen molar-refractivity contribution in [1.82, 2.24) is 20.4 Å². The number of nitrogens with one attached hydrogen (secondary N) is 2. The summed E-state index contributed by atoms with van der Waals surface area (Å²) in [5.74, 6) is 1.83. The van der Waals surface area contributed by atoms with E-state index in [2.05, 4.69) is 32.3 Å². The molecule has 2 saturated heterocycles. The van der Waals surface area contributed by atoms with Gasteiger partial charge in [0.05, 0.1) is 0 Å². The number of rotatable bonds is 7. The minimum Gasteiger partial charge on any atom is -0.356 e. The molecule has 0 amide bonds. The molecule has 0 bridgehead atoms. The lowest BCUT2D eigenvalue weighted by atomic mass is 10.0. The van der Waals surface area contributed by atoms with Gasteiger partial charge in [-0.05, 0) is 64.2 Å². The van der Waals surface area contributed by atoms with E-state index in [0.29, 0.717) is 0 Å². The van der Waals surface area contributed by atoms with Crippen LogP contribution >= 0.6 is 24.0 Å². The first kappa shape index (κ1) is 22.0. The third kappa shape index (κ3) is 8.85. The van der Waals surface area contributed by atoms with E-state index in [0.717, 1.165) is 31.5 Å². The van der Waals surface area contributed by atoms with Gasteiger partial charge in [0.15, 0.2) is 5.96 Å². The fraction of sp³-hybridized carbons (Fsp3) is 0.944. The van der Waals surface area contributed by atoms with Gasteiger partial charge in [0.2, 0.25) is 0 Å². The molecule has 0 radical (unpaired) electrons. The summed E-state index contributed by atoms with van der Waals surface area (Å²) in [5.41, 5.74) is 0. The Labute approximate surface area is 166 Å². The highest BCUT2D eigenvalue weighted by Gasteiger charge is 2.15. The maximum atomic E-state index is 4.33. The van der Waals surface area contributed by atoms with Gasteiger partial charge in [-0.25, -0.2) is 0 Å². The Balaban J connectivity index is 0.00000288. The monoisotopic (exact) mass is 451 g/mol. The molecule has 1 unspecified atom stereocenters. The predicted molar refractivity (Wildman–Crippen MR) is 115 cm³/mol. The topological polar surface area (TPSA) is 42.9 Å². The van der Waals surface area contributed by atoms with Crippen LogP contribution in [-0.2, 0) is 0 Å². The van der Waals surface area contributed by atoms with Crippen LogP contribution in [0.5, 0.6) is 0 Å². The molecule has 24 heavy (non-hydrogen) atoms. The van der Waals surface area contributed by atoms with E-state index >= 15 is 0 Å². The summed E-state index contributed by atoms with van der Waals surface area (Å²) >= 11 is 0. The van der Waals surface area contributed by atoms with Gasteiger partial charge in [0.1, 0.15) is 0 Å². The highest BCUT2D eigenvalue weighted by molar-refractivity contribution is 14.0. The molecule has 0 aromatic rings. The Morgan fingerprint density at radius 2 is 1.67 bits per heavy atom. The van der Waals surface area contributed by atoms with Crippen molar-refractivity contribution >= 4 is 29.9 Å². The molecule has 2 N–H and O–H groups in total. The molecule has 1 atom stereocenters. The number of halogens is 1. The second-order valence-electron chi connectivity index (χ2n) is 7.23. The lowest BCUT2D eigenvalue weighted by Gasteiger charge is -2.30. The lowest BCUT2D eigenvalue weighted by Crippen LogP contribution is -2.43. The number of likely N-dealkylation sites (tertiary alicyclic amines) is 2. The van der Waals surface area contributed by atoms with Crippen molar-refractivity contribution in [3.63, 3.8) is 0 Å². The first-order valence-electron chi connectivity index (χ1n) is 9.67. The fourth-order valence-corrected chi connectivity index (χ4v) is 3.74. The second-order valence-corrected chi connectivity index (χ2v) is 7.23. The predicted octanol–water partition coefficient (Wildman–Crippen LogP) is 2.38. The first-order chi connectivity index (χ1) is 11.3. The van der Waals surface area contributed by atoms with Crippen molar-refractivity contribution in [2.45, 2.75) is 45.4 Å². The maximum absolute atomic E-state index is 4.33. The second kappa shape index (κ2) is 13.2. The van der Waals surface area contributed by atoms with Crippen molar-refractivity contribution in [3.8, 4) is 0 Å². The van der Waals surface area contributed by atoms with Crippen LogP contribution in [0.1, 0.15) is 45.4 Å². The average Bonchev–Trinajstić information content (AvgIpc) is 2.58. The van der Waals surface area contributed by atoms with Crippen LogP contribution in [0.4, 0.5) is 0 Å². The SMILES string of the molecule is CN=C(NCCCN1CCCC(C)C1)NCCN1CCCCC1.I. The van der Waals surface area contributed by atoms with Gasteiger partial charge in [-0.3, -0.25) is 4.99 Å². The van der Waals surface area contributed by atoms with Gasteiger partial charge in [-0.1, -0.05) is 13.3 Å². The van der Waals surface area contributed by atoms with Gasteiger partial charge < -0.3 is 20.4 Å². The molecule has 5 nitrogen and oxygen atoms in total. The Bertz CT molecular complexity index is 344. The van der Waals surface area contributed by atoms with Gasteiger partial charge in [-0.15, -0.1) is 24.0 Å². The van der Waals surface area contributed by atoms with Crippen molar-refractivity contribution in [1.29, 1.82) is 0 Å². The number of hydrogen-bond donors (Lipinski definition) is 2. The van der Waals surface area contributed by atoms with Crippen LogP contribution in [-0.4, -0.2) is 75.2 Å². The number of nitrogens with zero attached hydrogens (tertiary/aromatic N) is 3. The number of hydrogen-bond acceptors (Lipinski definition) is 3. The molecule has 0 spiro atoms. The van der Waals surface area contributed by atoms with E-state index in [1.807, 2.05) is 7.05 Å². The molecular formula is C18H38IN5. The molecule has 0 saturated carbocycles. The van der Waals surface area contributed by atoms with E-state index in [9.17, 15) is 0 Å². The molecule has 0 aliphatic carbocycles. The van der Waals surface area contributed by atoms with Crippen LogP contribution in [0.25, 0.3) is 0 Å². The summed E-state index contributed by atoms with van der Waals surface area (Å²) in [6.07, 6.45) is 8.10. The Morgan fingerprint density at radius 1 is 0.958 bits per heavy atom. The van der Waals surface area contributed by atoms with E-state index in [1.165, 1.54) is 71.2 Å². The highest BCUT2D eigenvalue weighted by atomic mass is 127. The molecule has 0 aromatic heterocycles. The molecule has 2 aliphatic rings. The normalized spacial score (nSPS) is 23.6. The summed E-state index contributed by atoms with van der Waals surface area (Å²) in [6.45, 7) is 11.8. The van der Waals surface area contributed by atoms with Crippen molar-refractivity contribution in [2.24, 2.45) is 10.9 Å². The Morgan fingerprint density at radius 3 is 2.38 bits per heavy atom. The van der Waals surface area contributed by atoms with Crippen molar-refractivity contribution in [3.05, 3.63) is 0 Å². The van der Waals surface area contributed by atoms with Gasteiger partial charge in [0.25, 0.3) is 0 Å². The Hall–Kier alpha value is -0.0800. The smallest absolute Gasteiger partial charge is 0.191 e. The average molecular weight is 451 g/mol. The Kier molecular flexibility index (Phi) is 12.0. The molecule has 2 aliphatic heterocycles. The van der Waals surface area contributed by atoms with E-state index in [4.69, 9.17) is 0 Å². The summed E-state index contributed by atoms with van der Waals surface area (Å²) in [6, 6.07) is 0. The maximum Gasteiger partial charge on any atom is 0.191 e. The van der Waals surface area contributed by atoms with Crippen LogP contribution in [0.2, 0.25) is 0 Å².